The fraction of sp³-hybridized carbons (Fsp3) is 0.304. The number of carbonyl (C=O) groups excluding carboxylic acids is 1. The summed E-state index contributed by atoms with van der Waals surface area (Å²) < 4.78 is 47.9. The molecule has 0 amide bonds. The molecule has 3 aromatic rings. The third-order valence-corrected chi connectivity index (χ3v) is 4.52. The molecule has 0 spiro atoms. The van der Waals surface area contributed by atoms with E-state index in [1.807, 2.05) is 0 Å². The van der Waals surface area contributed by atoms with Crippen molar-refractivity contribution in [2.24, 2.45) is 0 Å². The van der Waals surface area contributed by atoms with Gasteiger partial charge < -0.3 is 25.2 Å². The molecule has 36 heavy (non-hydrogen) atoms. The van der Waals surface area contributed by atoms with Gasteiger partial charge in [-0.15, -0.1) is 0 Å². The van der Waals surface area contributed by atoms with Crippen LogP contribution in [0.5, 0.6) is 11.8 Å². The summed E-state index contributed by atoms with van der Waals surface area (Å²) in [6.45, 7) is 3.81. The number of hydrogen-bond donors (Lipinski definition) is 3. The van der Waals surface area contributed by atoms with Crippen LogP contribution in [0.15, 0.2) is 42.5 Å². The van der Waals surface area contributed by atoms with E-state index in [0.29, 0.717) is 16.8 Å². The first-order chi connectivity index (χ1) is 16.8. The van der Waals surface area contributed by atoms with Gasteiger partial charge in [0.15, 0.2) is 6.61 Å². The first kappa shape index (κ1) is 26.8. The standard InChI is InChI=1S/C23H23ClF3N5O4/c1-22(2,3)36-18(34)14-5-7-15(8-6-14)29-20-30-19(31-21(32-20)35-12-23(25,26)27)28-11-13-4-9-17(33)16(24)10-13/h4-10,33H,11-12H2,1-3H3,(H2,28,29,30,31,32). The average molecular weight is 526 g/mol. The van der Waals surface area contributed by atoms with Crippen LogP contribution in [0.2, 0.25) is 5.02 Å². The highest BCUT2D eigenvalue weighted by Crippen LogP contribution is 2.25. The molecule has 0 aliphatic heterocycles. The number of aromatic hydroxyl groups is 1. The lowest BCUT2D eigenvalue weighted by atomic mass is 10.1. The van der Waals surface area contributed by atoms with Gasteiger partial charge in [-0.1, -0.05) is 17.7 Å². The molecule has 0 fully saturated rings. The summed E-state index contributed by atoms with van der Waals surface area (Å²) in [4.78, 5) is 24.1. The number of alkyl halides is 3. The van der Waals surface area contributed by atoms with Crippen molar-refractivity contribution < 1.29 is 32.5 Å². The molecule has 1 heterocycles. The van der Waals surface area contributed by atoms with Crippen LogP contribution in [0.4, 0.5) is 30.8 Å². The molecule has 9 nitrogen and oxygen atoms in total. The lowest BCUT2D eigenvalue weighted by Gasteiger charge is -2.19. The fourth-order valence-corrected chi connectivity index (χ4v) is 2.90. The highest BCUT2D eigenvalue weighted by molar-refractivity contribution is 6.32. The molecule has 2 aromatic carbocycles. The third-order valence-electron chi connectivity index (χ3n) is 4.22. The number of anilines is 3. The Labute approximate surface area is 209 Å². The van der Waals surface area contributed by atoms with Gasteiger partial charge in [0.05, 0.1) is 10.6 Å². The van der Waals surface area contributed by atoms with Gasteiger partial charge in [0.1, 0.15) is 11.4 Å². The van der Waals surface area contributed by atoms with Crippen molar-refractivity contribution in [3.8, 4) is 11.8 Å². The van der Waals surface area contributed by atoms with Crippen LogP contribution in [-0.4, -0.2) is 44.4 Å². The molecule has 1 aromatic heterocycles. The third kappa shape index (κ3) is 8.45. The summed E-state index contributed by atoms with van der Waals surface area (Å²) in [6, 6.07) is 10.1. The highest BCUT2D eigenvalue weighted by Gasteiger charge is 2.29. The Morgan fingerprint density at radius 2 is 1.69 bits per heavy atom. The minimum Gasteiger partial charge on any atom is -0.506 e. The predicted molar refractivity (Wildman–Crippen MR) is 127 cm³/mol. The molecule has 0 aliphatic rings. The molecule has 0 radical (unpaired) electrons. The SMILES string of the molecule is CC(C)(C)OC(=O)c1ccc(Nc2nc(NCc3ccc(O)c(Cl)c3)nc(OCC(F)(F)F)n2)cc1. The second kappa shape index (κ2) is 10.9. The number of phenolic OH excluding ortho intramolecular Hbond substituents is 1. The van der Waals surface area contributed by atoms with Crippen LogP contribution < -0.4 is 15.4 Å². The molecular weight excluding hydrogens is 503 g/mol. The van der Waals surface area contributed by atoms with Crippen molar-refractivity contribution in [2.45, 2.75) is 39.1 Å². The van der Waals surface area contributed by atoms with Crippen LogP contribution in [0.3, 0.4) is 0 Å². The number of rotatable bonds is 8. The number of carbonyl (C=O) groups is 1. The van der Waals surface area contributed by atoms with E-state index in [1.165, 1.54) is 24.3 Å². The molecule has 0 aliphatic carbocycles. The van der Waals surface area contributed by atoms with E-state index in [0.717, 1.165) is 0 Å². The van der Waals surface area contributed by atoms with Crippen LogP contribution in [0.25, 0.3) is 0 Å². The van der Waals surface area contributed by atoms with Gasteiger partial charge >= 0.3 is 18.2 Å². The first-order valence-corrected chi connectivity index (χ1v) is 10.9. The van der Waals surface area contributed by atoms with Crippen molar-refractivity contribution in [3.63, 3.8) is 0 Å². The van der Waals surface area contributed by atoms with Crippen molar-refractivity contribution in [3.05, 3.63) is 58.6 Å². The second-order valence-electron chi connectivity index (χ2n) is 8.51. The van der Waals surface area contributed by atoms with Crippen LogP contribution in [0, 0.1) is 0 Å². The summed E-state index contributed by atoms with van der Waals surface area (Å²) in [7, 11) is 0. The maximum Gasteiger partial charge on any atom is 0.422 e. The van der Waals surface area contributed by atoms with Crippen LogP contribution in [0.1, 0.15) is 36.7 Å². The molecule has 0 unspecified atom stereocenters. The number of esters is 1. The fourth-order valence-electron chi connectivity index (χ4n) is 2.70. The summed E-state index contributed by atoms with van der Waals surface area (Å²) >= 11 is 5.90. The maximum atomic E-state index is 12.6. The van der Waals surface area contributed by atoms with Gasteiger partial charge in [0, 0.05) is 12.2 Å². The van der Waals surface area contributed by atoms with E-state index in [2.05, 4.69) is 25.6 Å². The maximum absolute atomic E-state index is 12.6. The van der Waals surface area contributed by atoms with Crippen LogP contribution >= 0.6 is 11.6 Å². The second-order valence-corrected chi connectivity index (χ2v) is 8.92. The van der Waals surface area contributed by atoms with Crippen LogP contribution in [-0.2, 0) is 11.3 Å². The predicted octanol–water partition coefficient (Wildman–Crippen LogP) is 5.48. The van der Waals surface area contributed by atoms with E-state index in [9.17, 15) is 23.1 Å². The van der Waals surface area contributed by atoms with Crippen molar-refractivity contribution in [2.75, 3.05) is 17.2 Å². The van der Waals surface area contributed by atoms with Crippen molar-refractivity contribution in [1.82, 2.24) is 15.0 Å². The van der Waals surface area contributed by atoms with E-state index in [1.54, 1.807) is 39.0 Å². The number of halogens is 4. The zero-order chi connectivity index (χ0) is 26.5. The number of aromatic nitrogens is 3. The summed E-state index contributed by atoms with van der Waals surface area (Å²) in [6.07, 6.45) is -4.59. The Morgan fingerprint density at radius 1 is 1.03 bits per heavy atom. The Hall–Kier alpha value is -3.80. The molecule has 192 valence electrons. The molecular formula is C23H23ClF3N5O4. The number of hydrogen-bond acceptors (Lipinski definition) is 9. The molecule has 3 N–H and O–H groups in total. The van der Waals surface area contributed by atoms with Crippen molar-refractivity contribution >= 4 is 35.2 Å². The zero-order valence-corrected chi connectivity index (χ0v) is 20.2. The summed E-state index contributed by atoms with van der Waals surface area (Å²) in [5.41, 5.74) is 0.769. The molecule has 13 heteroatoms. The molecule has 0 bridgehead atoms. The monoisotopic (exact) mass is 525 g/mol. The average Bonchev–Trinajstić information content (AvgIpc) is 2.77. The first-order valence-electron chi connectivity index (χ1n) is 10.5. The number of ether oxygens (including phenoxy) is 2. The molecule has 0 saturated heterocycles. The van der Waals surface area contributed by atoms with E-state index in [-0.39, 0.29) is 29.2 Å². The van der Waals surface area contributed by atoms with E-state index >= 15 is 0 Å². The Bertz CT molecular complexity index is 1220. The van der Waals surface area contributed by atoms with Gasteiger partial charge in [-0.2, -0.15) is 28.1 Å². The number of phenols is 1. The lowest BCUT2D eigenvalue weighted by molar-refractivity contribution is -0.154. The zero-order valence-electron chi connectivity index (χ0n) is 19.5. The smallest absolute Gasteiger partial charge is 0.422 e. The largest absolute Gasteiger partial charge is 0.506 e. The molecule has 3 rings (SSSR count). The minimum absolute atomic E-state index is 0.0701. The van der Waals surface area contributed by atoms with Gasteiger partial charge in [-0.3, -0.25) is 0 Å². The normalized spacial score (nSPS) is 11.6. The lowest BCUT2D eigenvalue weighted by Crippen LogP contribution is -2.23. The molecule has 0 saturated carbocycles. The molecule has 0 atom stereocenters. The van der Waals surface area contributed by atoms with Gasteiger partial charge in [0.2, 0.25) is 11.9 Å². The van der Waals surface area contributed by atoms with E-state index < -0.39 is 30.4 Å². The van der Waals surface area contributed by atoms with Crippen molar-refractivity contribution in [1.29, 1.82) is 0 Å². The van der Waals surface area contributed by atoms with Gasteiger partial charge in [0.25, 0.3) is 0 Å². The number of nitrogens with one attached hydrogen (secondary N) is 2. The summed E-state index contributed by atoms with van der Waals surface area (Å²) in [5.74, 6) is -0.761. The number of benzene rings is 2. The highest BCUT2D eigenvalue weighted by atomic mass is 35.5. The van der Waals surface area contributed by atoms with Gasteiger partial charge in [-0.05, 0) is 62.7 Å². The minimum atomic E-state index is -4.59. The Kier molecular flexibility index (Phi) is 8.08. The van der Waals surface area contributed by atoms with E-state index in [4.69, 9.17) is 21.1 Å². The summed E-state index contributed by atoms with van der Waals surface area (Å²) in [5, 5.41) is 15.4. The topological polar surface area (TPSA) is 118 Å². The van der Waals surface area contributed by atoms with Gasteiger partial charge in [-0.25, -0.2) is 4.79 Å². The number of nitrogens with zero attached hydrogens (tertiary/aromatic N) is 3. The Balaban J connectivity index is 1.78. The Morgan fingerprint density at radius 3 is 2.31 bits per heavy atom. The quantitative estimate of drug-likeness (QED) is 0.328.